The molecule has 3 heteroatoms. The van der Waals surface area contributed by atoms with Crippen molar-refractivity contribution in [2.45, 2.75) is 58.6 Å². The van der Waals surface area contributed by atoms with Crippen LogP contribution in [-0.2, 0) is 0 Å². The van der Waals surface area contributed by atoms with Gasteiger partial charge in [0.25, 0.3) is 0 Å². The van der Waals surface area contributed by atoms with Gasteiger partial charge in [0.1, 0.15) is 0 Å². The molecule has 0 saturated heterocycles. The van der Waals surface area contributed by atoms with E-state index in [4.69, 9.17) is 0 Å². The molecular formula is C14H28N2S. The first-order valence-corrected chi connectivity index (χ1v) is 8.07. The van der Waals surface area contributed by atoms with Gasteiger partial charge in [-0.05, 0) is 11.8 Å². The molecule has 0 fully saturated rings. The molecule has 100 valence electrons. The summed E-state index contributed by atoms with van der Waals surface area (Å²) in [4.78, 5) is 4.64. The van der Waals surface area contributed by atoms with Crippen molar-refractivity contribution in [3.05, 3.63) is 0 Å². The molecule has 1 atom stereocenters. The highest BCUT2D eigenvalue weighted by molar-refractivity contribution is 8.14. The Labute approximate surface area is 111 Å². The molecule has 0 aromatic rings. The molecule has 1 unspecified atom stereocenters. The van der Waals surface area contributed by atoms with Crippen LogP contribution in [0.5, 0.6) is 0 Å². The maximum Gasteiger partial charge on any atom is 0.156 e. The molecule has 1 aliphatic heterocycles. The van der Waals surface area contributed by atoms with Crippen LogP contribution in [0.1, 0.15) is 53.4 Å². The van der Waals surface area contributed by atoms with Crippen molar-refractivity contribution in [3.63, 3.8) is 0 Å². The van der Waals surface area contributed by atoms with Crippen LogP contribution in [0, 0.1) is 11.8 Å². The van der Waals surface area contributed by atoms with Crippen LogP contribution in [0.15, 0.2) is 4.99 Å². The SMILES string of the molecule is CCC(CC)CNC1=NCC(C(CC)CC)S1. The third-order valence-corrected chi connectivity index (χ3v) is 5.28. The predicted octanol–water partition coefficient (Wildman–Crippen LogP) is 3.92. The van der Waals surface area contributed by atoms with Crippen molar-refractivity contribution < 1.29 is 0 Å². The van der Waals surface area contributed by atoms with Crippen LogP contribution in [-0.4, -0.2) is 23.5 Å². The lowest BCUT2D eigenvalue weighted by Gasteiger charge is -2.19. The Balaban J connectivity index is 2.29. The van der Waals surface area contributed by atoms with Gasteiger partial charge in [-0.15, -0.1) is 0 Å². The largest absolute Gasteiger partial charge is 0.365 e. The summed E-state index contributed by atoms with van der Waals surface area (Å²) in [6.07, 6.45) is 5.09. The third kappa shape index (κ3) is 4.53. The zero-order valence-electron chi connectivity index (χ0n) is 11.8. The van der Waals surface area contributed by atoms with Gasteiger partial charge >= 0.3 is 0 Å². The fraction of sp³-hybridized carbons (Fsp3) is 0.929. The normalized spacial score (nSPS) is 20.1. The molecule has 0 bridgehead atoms. The summed E-state index contributed by atoms with van der Waals surface area (Å²) in [5, 5.41) is 5.44. The summed E-state index contributed by atoms with van der Waals surface area (Å²) in [5.41, 5.74) is 0. The van der Waals surface area contributed by atoms with E-state index in [1.807, 2.05) is 11.8 Å². The Morgan fingerprint density at radius 1 is 1.18 bits per heavy atom. The van der Waals surface area contributed by atoms with Crippen molar-refractivity contribution >= 4 is 16.9 Å². The Hall–Kier alpha value is -0.180. The van der Waals surface area contributed by atoms with E-state index in [0.717, 1.165) is 24.9 Å². The number of amidine groups is 1. The molecule has 0 spiro atoms. The maximum atomic E-state index is 4.64. The van der Waals surface area contributed by atoms with E-state index in [2.05, 4.69) is 38.0 Å². The second-order valence-corrected chi connectivity index (χ2v) is 6.17. The predicted molar refractivity (Wildman–Crippen MR) is 79.8 cm³/mol. The molecule has 2 nitrogen and oxygen atoms in total. The Morgan fingerprint density at radius 2 is 1.82 bits per heavy atom. The molecule has 1 heterocycles. The van der Waals surface area contributed by atoms with Gasteiger partial charge in [-0.2, -0.15) is 0 Å². The molecule has 0 saturated carbocycles. The van der Waals surface area contributed by atoms with Crippen molar-refractivity contribution in [2.75, 3.05) is 13.1 Å². The summed E-state index contributed by atoms with van der Waals surface area (Å²) >= 11 is 1.97. The molecule has 1 rings (SSSR count). The maximum absolute atomic E-state index is 4.64. The van der Waals surface area contributed by atoms with Crippen LogP contribution >= 0.6 is 11.8 Å². The minimum absolute atomic E-state index is 0.717. The van der Waals surface area contributed by atoms with Crippen LogP contribution in [0.3, 0.4) is 0 Å². The van der Waals surface area contributed by atoms with E-state index < -0.39 is 0 Å². The number of rotatable bonds is 7. The number of thioether (sulfide) groups is 1. The lowest BCUT2D eigenvalue weighted by atomic mass is 9.99. The monoisotopic (exact) mass is 256 g/mol. The minimum atomic E-state index is 0.717. The van der Waals surface area contributed by atoms with Crippen molar-refractivity contribution in [2.24, 2.45) is 16.8 Å². The van der Waals surface area contributed by atoms with E-state index >= 15 is 0 Å². The van der Waals surface area contributed by atoms with Crippen molar-refractivity contribution in [3.8, 4) is 0 Å². The van der Waals surface area contributed by atoms with Gasteiger partial charge in [0.2, 0.25) is 0 Å². The molecule has 0 radical (unpaired) electrons. The second-order valence-electron chi connectivity index (χ2n) is 4.94. The average molecular weight is 256 g/mol. The van der Waals surface area contributed by atoms with Gasteiger partial charge in [0, 0.05) is 11.8 Å². The quantitative estimate of drug-likeness (QED) is 0.746. The van der Waals surface area contributed by atoms with Gasteiger partial charge in [-0.1, -0.05) is 65.1 Å². The fourth-order valence-electron chi connectivity index (χ4n) is 2.36. The topological polar surface area (TPSA) is 24.4 Å². The van der Waals surface area contributed by atoms with Crippen LogP contribution in [0.4, 0.5) is 0 Å². The highest BCUT2D eigenvalue weighted by atomic mass is 32.2. The van der Waals surface area contributed by atoms with Gasteiger partial charge in [-0.3, -0.25) is 4.99 Å². The first-order valence-electron chi connectivity index (χ1n) is 7.19. The van der Waals surface area contributed by atoms with E-state index in [-0.39, 0.29) is 0 Å². The summed E-state index contributed by atoms with van der Waals surface area (Å²) in [6.45, 7) is 11.2. The summed E-state index contributed by atoms with van der Waals surface area (Å²) in [5.74, 6) is 1.63. The number of nitrogens with zero attached hydrogens (tertiary/aromatic N) is 1. The van der Waals surface area contributed by atoms with Gasteiger partial charge in [0.05, 0.1) is 6.54 Å². The lowest BCUT2D eigenvalue weighted by Crippen LogP contribution is -2.26. The second kappa shape index (κ2) is 8.02. The summed E-state index contributed by atoms with van der Waals surface area (Å²) in [6, 6.07) is 0. The zero-order chi connectivity index (χ0) is 12.7. The van der Waals surface area contributed by atoms with E-state index in [1.165, 1.54) is 30.9 Å². The summed E-state index contributed by atoms with van der Waals surface area (Å²) < 4.78 is 0. The van der Waals surface area contributed by atoms with Crippen molar-refractivity contribution in [1.29, 1.82) is 0 Å². The zero-order valence-corrected chi connectivity index (χ0v) is 12.6. The molecule has 17 heavy (non-hydrogen) atoms. The smallest absolute Gasteiger partial charge is 0.156 e. The van der Waals surface area contributed by atoms with Crippen LogP contribution in [0.25, 0.3) is 0 Å². The fourth-order valence-corrected chi connectivity index (χ4v) is 3.69. The molecule has 1 N–H and O–H groups in total. The van der Waals surface area contributed by atoms with Crippen LogP contribution < -0.4 is 5.32 Å². The van der Waals surface area contributed by atoms with Gasteiger partial charge in [-0.25, -0.2) is 0 Å². The molecule has 0 aromatic carbocycles. The number of hydrogen-bond donors (Lipinski definition) is 1. The molecular weight excluding hydrogens is 228 g/mol. The number of nitrogens with one attached hydrogen (secondary N) is 1. The standard InChI is InChI=1S/C14H28N2S/c1-5-11(6-2)9-15-14-16-10-13(17-14)12(7-3)8-4/h11-13H,5-10H2,1-4H3,(H,15,16). The Bertz CT molecular complexity index is 232. The Morgan fingerprint density at radius 3 is 2.35 bits per heavy atom. The van der Waals surface area contributed by atoms with E-state index in [0.29, 0.717) is 5.25 Å². The first kappa shape index (κ1) is 14.9. The lowest BCUT2D eigenvalue weighted by molar-refractivity contribution is 0.479. The van der Waals surface area contributed by atoms with Gasteiger partial charge < -0.3 is 5.32 Å². The highest BCUT2D eigenvalue weighted by Crippen LogP contribution is 2.30. The Kier molecular flexibility index (Phi) is 7.02. The highest BCUT2D eigenvalue weighted by Gasteiger charge is 2.25. The molecule has 1 aliphatic rings. The first-order chi connectivity index (χ1) is 8.24. The van der Waals surface area contributed by atoms with E-state index in [9.17, 15) is 0 Å². The number of aliphatic imine (C=N–C) groups is 1. The van der Waals surface area contributed by atoms with Gasteiger partial charge in [0.15, 0.2) is 5.17 Å². The number of hydrogen-bond acceptors (Lipinski definition) is 3. The molecule has 0 aliphatic carbocycles. The molecule has 0 amide bonds. The summed E-state index contributed by atoms with van der Waals surface area (Å²) in [7, 11) is 0. The minimum Gasteiger partial charge on any atom is -0.365 e. The average Bonchev–Trinajstić information content (AvgIpc) is 2.81. The molecule has 0 aromatic heterocycles. The van der Waals surface area contributed by atoms with Crippen LogP contribution in [0.2, 0.25) is 0 Å². The third-order valence-electron chi connectivity index (χ3n) is 3.95. The van der Waals surface area contributed by atoms with E-state index in [1.54, 1.807) is 0 Å². The van der Waals surface area contributed by atoms with Crippen molar-refractivity contribution in [1.82, 2.24) is 5.32 Å².